The molecule has 17 heavy (non-hydrogen) atoms. The first-order valence-corrected chi connectivity index (χ1v) is 5.43. The highest BCUT2D eigenvalue weighted by atomic mass is 16.5. The van der Waals surface area contributed by atoms with Gasteiger partial charge in [-0.2, -0.15) is 0 Å². The summed E-state index contributed by atoms with van der Waals surface area (Å²) in [5.41, 5.74) is 3.02. The van der Waals surface area contributed by atoms with E-state index in [0.29, 0.717) is 0 Å². The second kappa shape index (κ2) is 4.87. The van der Waals surface area contributed by atoms with E-state index < -0.39 is 0 Å². The zero-order chi connectivity index (χ0) is 12.3. The lowest BCUT2D eigenvalue weighted by molar-refractivity contribution is 0.416. The minimum atomic E-state index is 0.769. The van der Waals surface area contributed by atoms with Gasteiger partial charge in [-0.15, -0.1) is 0 Å². The fourth-order valence-corrected chi connectivity index (χ4v) is 1.54. The van der Waals surface area contributed by atoms with Crippen molar-refractivity contribution in [1.29, 1.82) is 0 Å². The second-order valence-electron chi connectivity index (χ2n) is 3.90. The van der Waals surface area contributed by atoms with Gasteiger partial charge in [-0.05, 0) is 43.2 Å². The van der Waals surface area contributed by atoms with Gasteiger partial charge in [0, 0.05) is 0 Å². The van der Waals surface area contributed by atoms with Gasteiger partial charge in [-0.25, -0.2) is 4.99 Å². The van der Waals surface area contributed by atoms with Crippen molar-refractivity contribution in [2.24, 2.45) is 4.99 Å². The van der Waals surface area contributed by atoms with Crippen molar-refractivity contribution in [2.75, 3.05) is 7.11 Å². The smallest absolute Gasteiger partial charge is 0.147 e. The monoisotopic (exact) mass is 229 g/mol. The molecule has 0 bridgehead atoms. The zero-order valence-electron chi connectivity index (χ0n) is 10.2. The molecule has 0 spiro atoms. The first kappa shape index (κ1) is 11.5. The topological polar surface area (TPSA) is 34.7 Å². The highest BCUT2D eigenvalue weighted by molar-refractivity contribution is 5.81. The normalized spacial score (nSPS) is 11.0. The number of furan rings is 1. The minimum Gasteiger partial charge on any atom is -0.494 e. The molecule has 0 unspecified atom stereocenters. The van der Waals surface area contributed by atoms with Crippen LogP contribution in [-0.2, 0) is 0 Å². The van der Waals surface area contributed by atoms with Crippen molar-refractivity contribution in [3.63, 3.8) is 0 Å². The Morgan fingerprint density at radius 3 is 2.71 bits per heavy atom. The summed E-state index contributed by atoms with van der Waals surface area (Å²) in [5, 5.41) is 0. The fourth-order valence-electron chi connectivity index (χ4n) is 1.54. The maximum absolute atomic E-state index is 5.29. The maximum atomic E-state index is 5.29. The molecule has 0 aliphatic carbocycles. The molecule has 0 N–H and O–H groups in total. The van der Waals surface area contributed by atoms with Crippen molar-refractivity contribution < 1.29 is 9.15 Å². The van der Waals surface area contributed by atoms with Crippen LogP contribution in [0.25, 0.3) is 0 Å². The van der Waals surface area contributed by atoms with Gasteiger partial charge in [0.15, 0.2) is 0 Å². The predicted molar refractivity (Wildman–Crippen MR) is 68.4 cm³/mol. The van der Waals surface area contributed by atoms with E-state index in [1.807, 2.05) is 38.1 Å². The Morgan fingerprint density at radius 1 is 1.24 bits per heavy atom. The number of hydrogen-bond donors (Lipinski definition) is 0. The van der Waals surface area contributed by atoms with Crippen LogP contribution in [-0.4, -0.2) is 13.3 Å². The number of aryl methyl sites for hydroxylation is 2. The zero-order valence-corrected chi connectivity index (χ0v) is 10.2. The Labute approximate surface area is 101 Å². The Balaban J connectivity index is 2.30. The van der Waals surface area contributed by atoms with Crippen molar-refractivity contribution in [1.82, 2.24) is 0 Å². The lowest BCUT2D eigenvalue weighted by Gasteiger charge is -2.04. The summed E-state index contributed by atoms with van der Waals surface area (Å²) in [4.78, 5) is 4.38. The molecule has 0 saturated heterocycles. The third kappa shape index (κ3) is 2.56. The van der Waals surface area contributed by atoms with Crippen LogP contribution in [0.4, 0.5) is 5.69 Å². The first-order valence-electron chi connectivity index (χ1n) is 5.43. The van der Waals surface area contributed by atoms with E-state index in [1.165, 1.54) is 0 Å². The van der Waals surface area contributed by atoms with Gasteiger partial charge < -0.3 is 9.15 Å². The third-order valence-electron chi connectivity index (χ3n) is 2.56. The van der Waals surface area contributed by atoms with Crippen LogP contribution in [0.1, 0.15) is 16.9 Å². The van der Waals surface area contributed by atoms with Gasteiger partial charge in [0.2, 0.25) is 0 Å². The number of benzene rings is 1. The van der Waals surface area contributed by atoms with Gasteiger partial charge in [0.1, 0.15) is 17.2 Å². The summed E-state index contributed by atoms with van der Waals surface area (Å²) in [6.45, 7) is 4.00. The van der Waals surface area contributed by atoms with Crippen LogP contribution in [0, 0.1) is 13.8 Å². The summed E-state index contributed by atoms with van der Waals surface area (Å²) in [5.74, 6) is 1.54. The molecule has 88 valence electrons. The molecule has 0 aliphatic heterocycles. The molecular formula is C14H15NO2. The molecule has 0 amide bonds. The van der Waals surface area contributed by atoms with Gasteiger partial charge in [-0.1, -0.05) is 6.07 Å². The van der Waals surface area contributed by atoms with Crippen LogP contribution in [0.2, 0.25) is 0 Å². The Morgan fingerprint density at radius 2 is 2.06 bits per heavy atom. The molecule has 3 heteroatoms. The van der Waals surface area contributed by atoms with E-state index in [4.69, 9.17) is 9.15 Å². The Bertz CT molecular complexity index is 541. The molecule has 1 heterocycles. The average molecular weight is 229 g/mol. The summed E-state index contributed by atoms with van der Waals surface area (Å²) < 4.78 is 10.6. The standard InChI is InChI=1S/C14H15NO2/c1-10-4-5-12(13(8-10)16-3)15-9-14-11(2)6-7-17-14/h4-9H,1-3H3. The summed E-state index contributed by atoms with van der Waals surface area (Å²) in [6, 6.07) is 7.81. The molecule has 3 nitrogen and oxygen atoms in total. The fraction of sp³-hybridized carbons (Fsp3) is 0.214. The van der Waals surface area contributed by atoms with Crippen LogP contribution in [0.5, 0.6) is 5.75 Å². The molecular weight excluding hydrogens is 214 g/mol. The average Bonchev–Trinajstić information content (AvgIpc) is 2.73. The van der Waals surface area contributed by atoms with Crippen LogP contribution < -0.4 is 4.74 Å². The number of methoxy groups -OCH3 is 1. The number of rotatable bonds is 3. The van der Waals surface area contributed by atoms with Gasteiger partial charge in [0.05, 0.1) is 19.6 Å². The largest absolute Gasteiger partial charge is 0.494 e. The van der Waals surface area contributed by atoms with Gasteiger partial charge >= 0.3 is 0 Å². The van der Waals surface area contributed by atoms with Crippen LogP contribution >= 0.6 is 0 Å². The lowest BCUT2D eigenvalue weighted by atomic mass is 10.2. The number of hydrogen-bond acceptors (Lipinski definition) is 3. The van der Waals surface area contributed by atoms with Crippen LogP contribution in [0.15, 0.2) is 39.9 Å². The molecule has 0 atom stereocenters. The van der Waals surface area contributed by atoms with E-state index in [1.54, 1.807) is 19.6 Å². The second-order valence-corrected chi connectivity index (χ2v) is 3.90. The van der Waals surface area contributed by atoms with Crippen molar-refractivity contribution >= 4 is 11.9 Å². The molecule has 1 aromatic heterocycles. The van der Waals surface area contributed by atoms with E-state index in [0.717, 1.165) is 28.3 Å². The van der Waals surface area contributed by atoms with Crippen LogP contribution in [0.3, 0.4) is 0 Å². The van der Waals surface area contributed by atoms with Crippen molar-refractivity contribution in [2.45, 2.75) is 13.8 Å². The molecule has 0 fully saturated rings. The lowest BCUT2D eigenvalue weighted by Crippen LogP contribution is -1.85. The Hall–Kier alpha value is -2.03. The van der Waals surface area contributed by atoms with E-state index in [9.17, 15) is 0 Å². The summed E-state index contributed by atoms with van der Waals surface area (Å²) in [6.07, 6.45) is 3.37. The number of aliphatic imine (C=N–C) groups is 1. The molecule has 2 rings (SSSR count). The van der Waals surface area contributed by atoms with Crippen molar-refractivity contribution in [3.8, 4) is 5.75 Å². The molecule has 0 radical (unpaired) electrons. The SMILES string of the molecule is COc1cc(C)ccc1N=Cc1occc1C. The highest BCUT2D eigenvalue weighted by Gasteiger charge is 2.02. The van der Waals surface area contributed by atoms with Gasteiger partial charge in [-0.3, -0.25) is 0 Å². The molecule has 2 aromatic rings. The van der Waals surface area contributed by atoms with E-state index >= 15 is 0 Å². The predicted octanol–water partition coefficient (Wildman–Crippen LogP) is 3.66. The highest BCUT2D eigenvalue weighted by Crippen LogP contribution is 2.28. The maximum Gasteiger partial charge on any atom is 0.147 e. The molecule has 0 aliphatic rings. The Kier molecular flexibility index (Phi) is 3.28. The first-order chi connectivity index (χ1) is 8.20. The molecule has 1 aromatic carbocycles. The number of nitrogens with zero attached hydrogens (tertiary/aromatic N) is 1. The summed E-state index contributed by atoms with van der Waals surface area (Å²) in [7, 11) is 1.64. The van der Waals surface area contributed by atoms with Crippen molar-refractivity contribution in [3.05, 3.63) is 47.4 Å². The summed E-state index contributed by atoms with van der Waals surface area (Å²) >= 11 is 0. The molecule has 0 saturated carbocycles. The third-order valence-corrected chi connectivity index (χ3v) is 2.56. The van der Waals surface area contributed by atoms with Gasteiger partial charge in [0.25, 0.3) is 0 Å². The van der Waals surface area contributed by atoms with E-state index in [-0.39, 0.29) is 0 Å². The minimum absolute atomic E-state index is 0.769. The van der Waals surface area contributed by atoms with E-state index in [2.05, 4.69) is 4.99 Å². The number of ether oxygens (including phenoxy) is 1. The quantitative estimate of drug-likeness (QED) is 0.753.